The minimum atomic E-state index is -0.781. The van der Waals surface area contributed by atoms with Crippen LogP contribution in [0.5, 0.6) is 0 Å². The summed E-state index contributed by atoms with van der Waals surface area (Å²) in [5.41, 5.74) is 8.86. The Kier molecular flexibility index (Phi) is 4.67. The molecule has 0 saturated heterocycles. The SMILES string of the molecule is NC(Cc1ccccc1)(c1cccc(Cl)c1)c1ccc(Cl)cn1. The number of rotatable bonds is 4. The summed E-state index contributed by atoms with van der Waals surface area (Å²) in [6, 6.07) is 21.4. The fraction of sp³-hybridized carbons (Fsp3) is 0.105. The van der Waals surface area contributed by atoms with E-state index in [4.69, 9.17) is 28.9 Å². The second-order valence-corrected chi connectivity index (χ2v) is 6.38. The van der Waals surface area contributed by atoms with Crippen molar-refractivity contribution in [3.63, 3.8) is 0 Å². The zero-order chi connectivity index (χ0) is 16.3. The molecule has 1 aromatic heterocycles. The summed E-state index contributed by atoms with van der Waals surface area (Å²) in [4.78, 5) is 4.45. The smallest absolute Gasteiger partial charge is 0.0880 e. The van der Waals surface area contributed by atoms with Gasteiger partial charge in [-0.15, -0.1) is 0 Å². The van der Waals surface area contributed by atoms with Gasteiger partial charge in [0.15, 0.2) is 0 Å². The van der Waals surface area contributed by atoms with Crippen LogP contribution in [0.4, 0.5) is 0 Å². The van der Waals surface area contributed by atoms with Crippen LogP contribution in [0.3, 0.4) is 0 Å². The first-order chi connectivity index (χ1) is 11.1. The number of benzene rings is 2. The molecule has 0 aliphatic rings. The first-order valence-corrected chi connectivity index (χ1v) is 8.04. The van der Waals surface area contributed by atoms with E-state index < -0.39 is 5.54 Å². The molecule has 0 bridgehead atoms. The zero-order valence-electron chi connectivity index (χ0n) is 12.4. The summed E-state index contributed by atoms with van der Waals surface area (Å²) in [7, 11) is 0. The van der Waals surface area contributed by atoms with Gasteiger partial charge in [0, 0.05) is 17.6 Å². The standard InChI is InChI=1S/C19H16Cl2N2/c20-16-8-4-7-15(11-16)19(22,12-14-5-2-1-3-6-14)18-10-9-17(21)13-23-18/h1-11,13H,12,22H2. The second-order valence-electron chi connectivity index (χ2n) is 5.51. The van der Waals surface area contributed by atoms with Gasteiger partial charge in [0.05, 0.1) is 16.3 Å². The van der Waals surface area contributed by atoms with Crippen molar-refractivity contribution in [3.8, 4) is 0 Å². The van der Waals surface area contributed by atoms with E-state index in [2.05, 4.69) is 17.1 Å². The summed E-state index contributed by atoms with van der Waals surface area (Å²) < 4.78 is 0. The van der Waals surface area contributed by atoms with E-state index in [1.807, 2.05) is 48.5 Å². The average molecular weight is 343 g/mol. The highest BCUT2D eigenvalue weighted by Crippen LogP contribution is 2.31. The highest BCUT2D eigenvalue weighted by Gasteiger charge is 2.31. The van der Waals surface area contributed by atoms with Gasteiger partial charge in [-0.2, -0.15) is 0 Å². The Morgan fingerprint density at radius 1 is 0.870 bits per heavy atom. The summed E-state index contributed by atoms with van der Waals surface area (Å²) in [6.07, 6.45) is 2.23. The minimum absolute atomic E-state index is 0.585. The van der Waals surface area contributed by atoms with Crippen molar-refractivity contribution in [1.82, 2.24) is 4.98 Å². The maximum atomic E-state index is 6.83. The van der Waals surface area contributed by atoms with Crippen LogP contribution in [0.25, 0.3) is 0 Å². The van der Waals surface area contributed by atoms with Crippen LogP contribution in [-0.2, 0) is 12.0 Å². The molecule has 0 aliphatic heterocycles. The van der Waals surface area contributed by atoms with Crippen molar-refractivity contribution in [2.75, 3.05) is 0 Å². The molecule has 2 aromatic carbocycles. The van der Waals surface area contributed by atoms with Gasteiger partial charge in [0.2, 0.25) is 0 Å². The number of hydrogen-bond acceptors (Lipinski definition) is 2. The van der Waals surface area contributed by atoms with Crippen LogP contribution in [0.2, 0.25) is 10.0 Å². The molecule has 0 radical (unpaired) electrons. The Morgan fingerprint density at radius 3 is 2.30 bits per heavy atom. The van der Waals surface area contributed by atoms with E-state index in [1.165, 1.54) is 0 Å². The monoisotopic (exact) mass is 342 g/mol. The molecular weight excluding hydrogens is 327 g/mol. The molecule has 2 N–H and O–H groups in total. The van der Waals surface area contributed by atoms with Gasteiger partial charge >= 0.3 is 0 Å². The molecule has 4 heteroatoms. The molecule has 2 nitrogen and oxygen atoms in total. The Morgan fingerprint density at radius 2 is 1.65 bits per heavy atom. The first-order valence-electron chi connectivity index (χ1n) is 7.29. The van der Waals surface area contributed by atoms with E-state index in [0.29, 0.717) is 16.5 Å². The van der Waals surface area contributed by atoms with E-state index in [-0.39, 0.29) is 0 Å². The topological polar surface area (TPSA) is 38.9 Å². The van der Waals surface area contributed by atoms with E-state index in [0.717, 1.165) is 16.8 Å². The van der Waals surface area contributed by atoms with Gasteiger partial charge in [-0.1, -0.05) is 65.7 Å². The van der Waals surface area contributed by atoms with Gasteiger partial charge < -0.3 is 5.73 Å². The van der Waals surface area contributed by atoms with E-state index >= 15 is 0 Å². The molecule has 1 heterocycles. The van der Waals surface area contributed by atoms with Gasteiger partial charge in [0.1, 0.15) is 0 Å². The Hall–Kier alpha value is -1.87. The normalized spacial score (nSPS) is 13.5. The van der Waals surface area contributed by atoms with Crippen molar-refractivity contribution in [3.05, 3.63) is 99.8 Å². The quantitative estimate of drug-likeness (QED) is 0.737. The molecular formula is C19H16Cl2N2. The maximum absolute atomic E-state index is 6.83. The molecule has 0 saturated carbocycles. The van der Waals surface area contributed by atoms with Gasteiger partial charge in [0.25, 0.3) is 0 Å². The summed E-state index contributed by atoms with van der Waals surface area (Å²) >= 11 is 12.1. The lowest BCUT2D eigenvalue weighted by atomic mass is 9.81. The Bertz CT molecular complexity index is 788. The van der Waals surface area contributed by atoms with Crippen LogP contribution in [0.1, 0.15) is 16.8 Å². The maximum Gasteiger partial charge on any atom is 0.0880 e. The summed E-state index contributed by atoms with van der Waals surface area (Å²) in [5.74, 6) is 0. The fourth-order valence-corrected chi connectivity index (χ4v) is 2.97. The molecule has 1 unspecified atom stereocenters. The number of nitrogens with zero attached hydrogens (tertiary/aromatic N) is 1. The summed E-state index contributed by atoms with van der Waals surface area (Å²) in [6.45, 7) is 0. The highest BCUT2D eigenvalue weighted by molar-refractivity contribution is 6.30. The van der Waals surface area contributed by atoms with Crippen molar-refractivity contribution in [2.24, 2.45) is 5.73 Å². The minimum Gasteiger partial charge on any atom is -0.316 e. The zero-order valence-corrected chi connectivity index (χ0v) is 13.9. The molecule has 0 amide bonds. The second kappa shape index (κ2) is 6.71. The predicted octanol–water partition coefficient (Wildman–Crippen LogP) is 4.83. The third-order valence-electron chi connectivity index (χ3n) is 3.85. The van der Waals surface area contributed by atoms with Crippen molar-refractivity contribution >= 4 is 23.2 Å². The van der Waals surface area contributed by atoms with Gasteiger partial charge in [-0.25, -0.2) is 0 Å². The summed E-state index contributed by atoms with van der Waals surface area (Å²) in [5, 5.41) is 1.24. The molecule has 23 heavy (non-hydrogen) atoms. The average Bonchev–Trinajstić information content (AvgIpc) is 2.56. The molecule has 1 atom stereocenters. The first kappa shape index (κ1) is 16.0. The van der Waals surface area contributed by atoms with Crippen LogP contribution >= 0.6 is 23.2 Å². The molecule has 3 rings (SSSR count). The Balaban J connectivity index is 2.10. The third-order valence-corrected chi connectivity index (χ3v) is 4.31. The molecule has 3 aromatic rings. The van der Waals surface area contributed by atoms with Gasteiger partial charge in [-0.05, 0) is 35.4 Å². The van der Waals surface area contributed by atoms with Crippen LogP contribution in [0.15, 0.2) is 72.9 Å². The molecule has 116 valence electrons. The largest absolute Gasteiger partial charge is 0.316 e. The number of halogens is 2. The Labute approximate surface area is 145 Å². The highest BCUT2D eigenvalue weighted by atomic mass is 35.5. The lowest BCUT2D eigenvalue weighted by Gasteiger charge is -2.30. The van der Waals surface area contributed by atoms with E-state index in [9.17, 15) is 0 Å². The lowest BCUT2D eigenvalue weighted by Crippen LogP contribution is -2.41. The van der Waals surface area contributed by atoms with Crippen LogP contribution in [0, 0.1) is 0 Å². The van der Waals surface area contributed by atoms with Crippen molar-refractivity contribution in [2.45, 2.75) is 12.0 Å². The lowest BCUT2D eigenvalue weighted by molar-refractivity contribution is 0.518. The third kappa shape index (κ3) is 3.56. The fourth-order valence-electron chi connectivity index (χ4n) is 2.66. The number of aromatic nitrogens is 1. The van der Waals surface area contributed by atoms with Crippen LogP contribution < -0.4 is 5.73 Å². The number of nitrogens with two attached hydrogens (primary N) is 1. The van der Waals surface area contributed by atoms with Crippen molar-refractivity contribution < 1.29 is 0 Å². The van der Waals surface area contributed by atoms with Crippen molar-refractivity contribution in [1.29, 1.82) is 0 Å². The molecule has 0 fully saturated rings. The number of hydrogen-bond donors (Lipinski definition) is 1. The van der Waals surface area contributed by atoms with E-state index in [1.54, 1.807) is 12.3 Å². The predicted molar refractivity (Wildman–Crippen MR) is 95.8 cm³/mol. The van der Waals surface area contributed by atoms with Gasteiger partial charge in [-0.3, -0.25) is 4.98 Å². The molecule has 0 aliphatic carbocycles. The number of pyridine rings is 1. The molecule has 0 spiro atoms. The van der Waals surface area contributed by atoms with Crippen LogP contribution in [-0.4, -0.2) is 4.98 Å².